The highest BCUT2D eigenvalue weighted by atomic mass is 35.5. The zero-order chi connectivity index (χ0) is 25.1. The minimum Gasteiger partial charge on any atom is -0.457 e. The van der Waals surface area contributed by atoms with Gasteiger partial charge in [-0.3, -0.25) is 19.8 Å². The number of thiocarbonyl (C=S) groups is 1. The molecule has 5 rings (SSSR count). The number of anilines is 1. The van der Waals surface area contributed by atoms with Crippen LogP contribution < -0.4 is 15.0 Å². The molecule has 0 unspecified atom stereocenters. The third-order valence-electron chi connectivity index (χ3n) is 5.53. The average molecular weight is 511 g/mol. The molecule has 7 heteroatoms. The van der Waals surface area contributed by atoms with E-state index < -0.39 is 11.8 Å². The first kappa shape index (κ1) is 23.5. The number of nitrogens with zero attached hydrogens (tertiary/aromatic N) is 1. The standard InChI is InChI=1S/C29H19ClN2O3S/c30-22-9-5-8-21(18-22)20-7-4-6-19(16-20)17-26-27(33)31-29(36)32(28(26)34)23-12-14-25(15-13-23)35-24-10-2-1-3-11-24/h1-18H,(H,31,33,36)/b26-17+. The summed E-state index contributed by atoms with van der Waals surface area (Å²) in [6.07, 6.45) is 1.56. The first-order chi connectivity index (χ1) is 17.5. The van der Waals surface area contributed by atoms with Crippen molar-refractivity contribution in [2.75, 3.05) is 4.90 Å². The summed E-state index contributed by atoms with van der Waals surface area (Å²) in [7, 11) is 0. The van der Waals surface area contributed by atoms with Crippen molar-refractivity contribution >= 4 is 52.5 Å². The highest BCUT2D eigenvalue weighted by Gasteiger charge is 2.34. The van der Waals surface area contributed by atoms with Crippen molar-refractivity contribution in [2.24, 2.45) is 0 Å². The molecule has 1 N–H and O–H groups in total. The van der Waals surface area contributed by atoms with E-state index in [4.69, 9.17) is 28.6 Å². The van der Waals surface area contributed by atoms with Gasteiger partial charge in [0.25, 0.3) is 11.8 Å². The van der Waals surface area contributed by atoms with Crippen LogP contribution in [-0.4, -0.2) is 16.9 Å². The molecule has 1 fully saturated rings. The summed E-state index contributed by atoms with van der Waals surface area (Å²) in [5, 5.41) is 3.26. The summed E-state index contributed by atoms with van der Waals surface area (Å²) >= 11 is 11.4. The Balaban J connectivity index is 1.42. The Labute approximate surface area is 218 Å². The number of ether oxygens (including phenoxy) is 1. The van der Waals surface area contributed by atoms with E-state index in [1.807, 2.05) is 72.8 Å². The van der Waals surface area contributed by atoms with Crippen LogP contribution in [0.4, 0.5) is 5.69 Å². The van der Waals surface area contributed by atoms with Gasteiger partial charge in [-0.05, 0) is 89.6 Å². The van der Waals surface area contributed by atoms with Crippen molar-refractivity contribution in [1.29, 1.82) is 0 Å². The molecule has 1 aliphatic heterocycles. The molecular weight excluding hydrogens is 492 g/mol. The van der Waals surface area contributed by atoms with Gasteiger partial charge in [-0.25, -0.2) is 0 Å². The maximum atomic E-state index is 13.4. The van der Waals surface area contributed by atoms with Gasteiger partial charge in [0.15, 0.2) is 5.11 Å². The number of nitrogens with one attached hydrogen (secondary N) is 1. The van der Waals surface area contributed by atoms with Gasteiger partial charge >= 0.3 is 0 Å². The van der Waals surface area contributed by atoms with E-state index in [2.05, 4.69) is 5.32 Å². The van der Waals surface area contributed by atoms with Gasteiger partial charge in [-0.2, -0.15) is 0 Å². The number of para-hydroxylation sites is 1. The summed E-state index contributed by atoms with van der Waals surface area (Å²) in [5.41, 5.74) is 3.05. The summed E-state index contributed by atoms with van der Waals surface area (Å²) in [6.45, 7) is 0. The minimum atomic E-state index is -0.543. The second-order valence-corrected chi connectivity index (χ2v) is 8.83. The lowest BCUT2D eigenvalue weighted by molar-refractivity contribution is -0.122. The lowest BCUT2D eigenvalue weighted by atomic mass is 10.0. The predicted molar refractivity (Wildman–Crippen MR) is 146 cm³/mol. The number of carbonyl (C=O) groups is 2. The van der Waals surface area contributed by atoms with Crippen molar-refractivity contribution in [1.82, 2.24) is 5.32 Å². The summed E-state index contributed by atoms with van der Waals surface area (Å²) in [4.78, 5) is 27.4. The Hall–Kier alpha value is -4.26. The molecule has 1 aliphatic rings. The van der Waals surface area contributed by atoms with Crippen LogP contribution in [0.15, 0.2) is 109 Å². The first-order valence-corrected chi connectivity index (χ1v) is 11.9. The topological polar surface area (TPSA) is 58.6 Å². The fourth-order valence-electron chi connectivity index (χ4n) is 3.82. The largest absolute Gasteiger partial charge is 0.457 e. The Morgan fingerprint density at radius 3 is 2.17 bits per heavy atom. The Morgan fingerprint density at radius 2 is 1.44 bits per heavy atom. The van der Waals surface area contributed by atoms with E-state index in [-0.39, 0.29) is 10.7 Å². The number of amides is 2. The van der Waals surface area contributed by atoms with Gasteiger partial charge in [0, 0.05) is 5.02 Å². The first-order valence-electron chi connectivity index (χ1n) is 11.1. The van der Waals surface area contributed by atoms with Crippen LogP contribution in [0.5, 0.6) is 11.5 Å². The molecule has 0 bridgehead atoms. The van der Waals surface area contributed by atoms with Crippen LogP contribution in [0.3, 0.4) is 0 Å². The molecule has 36 heavy (non-hydrogen) atoms. The molecule has 0 spiro atoms. The molecule has 0 atom stereocenters. The second kappa shape index (κ2) is 10.2. The van der Waals surface area contributed by atoms with Crippen molar-refractivity contribution in [3.05, 3.63) is 119 Å². The SMILES string of the molecule is O=C1NC(=S)N(c2ccc(Oc3ccccc3)cc2)C(=O)/C1=C/c1cccc(-c2cccc(Cl)c2)c1. The van der Waals surface area contributed by atoms with Crippen molar-refractivity contribution in [3.63, 3.8) is 0 Å². The summed E-state index contributed by atoms with van der Waals surface area (Å²) in [5.74, 6) is 0.261. The summed E-state index contributed by atoms with van der Waals surface area (Å²) in [6, 6.07) is 31.3. The number of halogens is 1. The number of benzene rings is 4. The van der Waals surface area contributed by atoms with Gasteiger partial charge < -0.3 is 4.74 Å². The van der Waals surface area contributed by atoms with Crippen molar-refractivity contribution < 1.29 is 14.3 Å². The quantitative estimate of drug-likeness (QED) is 0.186. The van der Waals surface area contributed by atoms with E-state index in [0.717, 1.165) is 11.1 Å². The zero-order valence-corrected chi connectivity index (χ0v) is 20.4. The Morgan fingerprint density at radius 1 is 0.778 bits per heavy atom. The lowest BCUT2D eigenvalue weighted by Gasteiger charge is -2.29. The third-order valence-corrected chi connectivity index (χ3v) is 6.05. The van der Waals surface area contributed by atoms with Crippen LogP contribution in [0.2, 0.25) is 5.02 Å². The Kier molecular flexibility index (Phi) is 6.62. The highest BCUT2D eigenvalue weighted by molar-refractivity contribution is 7.80. The molecule has 176 valence electrons. The van der Waals surface area contributed by atoms with Crippen LogP contribution in [0.25, 0.3) is 17.2 Å². The minimum absolute atomic E-state index is 0.0172. The smallest absolute Gasteiger partial charge is 0.270 e. The highest BCUT2D eigenvalue weighted by Crippen LogP contribution is 2.28. The zero-order valence-electron chi connectivity index (χ0n) is 18.9. The molecule has 0 radical (unpaired) electrons. The van der Waals surface area contributed by atoms with Gasteiger partial charge in [-0.1, -0.05) is 60.1 Å². The second-order valence-electron chi connectivity index (χ2n) is 8.00. The molecule has 4 aromatic carbocycles. The normalized spacial score (nSPS) is 14.6. The van der Waals surface area contributed by atoms with E-state index in [0.29, 0.717) is 27.8 Å². The molecule has 4 aromatic rings. The van der Waals surface area contributed by atoms with E-state index in [1.54, 1.807) is 36.4 Å². The molecule has 1 heterocycles. The van der Waals surface area contributed by atoms with E-state index >= 15 is 0 Å². The molecule has 0 aromatic heterocycles. The van der Waals surface area contributed by atoms with Crippen molar-refractivity contribution in [3.8, 4) is 22.6 Å². The van der Waals surface area contributed by atoms with Gasteiger partial charge in [0.05, 0.1) is 5.69 Å². The maximum Gasteiger partial charge on any atom is 0.270 e. The fraction of sp³-hybridized carbons (Fsp3) is 0. The van der Waals surface area contributed by atoms with Crippen LogP contribution in [0, 0.1) is 0 Å². The van der Waals surface area contributed by atoms with Gasteiger partial charge in [-0.15, -0.1) is 0 Å². The average Bonchev–Trinajstić information content (AvgIpc) is 2.88. The van der Waals surface area contributed by atoms with Crippen molar-refractivity contribution in [2.45, 2.75) is 0 Å². The Bertz CT molecular complexity index is 1500. The molecule has 5 nitrogen and oxygen atoms in total. The lowest BCUT2D eigenvalue weighted by Crippen LogP contribution is -2.54. The number of rotatable bonds is 5. The predicted octanol–water partition coefficient (Wildman–Crippen LogP) is 6.63. The monoisotopic (exact) mass is 510 g/mol. The molecule has 0 saturated carbocycles. The maximum absolute atomic E-state index is 13.4. The number of hydrogen-bond donors (Lipinski definition) is 1. The van der Waals surface area contributed by atoms with Gasteiger partial charge in [0.1, 0.15) is 17.1 Å². The molecule has 1 saturated heterocycles. The van der Waals surface area contributed by atoms with E-state index in [1.165, 1.54) is 4.90 Å². The van der Waals surface area contributed by atoms with Crippen LogP contribution in [0.1, 0.15) is 5.56 Å². The van der Waals surface area contributed by atoms with Crippen LogP contribution >= 0.6 is 23.8 Å². The van der Waals surface area contributed by atoms with Gasteiger partial charge in [0.2, 0.25) is 0 Å². The molecule has 2 amide bonds. The summed E-state index contributed by atoms with van der Waals surface area (Å²) < 4.78 is 5.82. The fourth-order valence-corrected chi connectivity index (χ4v) is 4.29. The number of carbonyl (C=O) groups excluding carboxylic acids is 2. The molecule has 0 aliphatic carbocycles. The number of hydrogen-bond acceptors (Lipinski definition) is 4. The van der Waals surface area contributed by atoms with E-state index in [9.17, 15) is 9.59 Å². The van der Waals surface area contributed by atoms with Crippen LogP contribution in [-0.2, 0) is 9.59 Å². The third kappa shape index (κ3) is 5.05. The molecular formula is C29H19ClN2O3S.